The molecule has 0 aliphatic heterocycles. The Balaban J connectivity index is 3.11. The maximum absolute atomic E-state index is 5.52. The molecule has 0 saturated heterocycles. The van der Waals surface area contributed by atoms with E-state index in [4.69, 9.17) is 9.47 Å². The predicted octanol–water partition coefficient (Wildman–Crippen LogP) is 4.55. The van der Waals surface area contributed by atoms with Crippen molar-refractivity contribution in [3.8, 4) is 11.8 Å². The molecule has 1 aromatic heterocycles. The number of aromatic nitrogens is 2. The van der Waals surface area contributed by atoms with E-state index >= 15 is 0 Å². The molecule has 0 aliphatic rings. The Morgan fingerprint density at radius 2 is 1.42 bits per heavy atom. The van der Waals surface area contributed by atoms with Crippen molar-refractivity contribution in [1.82, 2.24) is 10.2 Å². The van der Waals surface area contributed by atoms with E-state index in [2.05, 4.69) is 37.0 Å². The fraction of sp³-hybridized carbons (Fsp3) is 0.789. The van der Waals surface area contributed by atoms with Gasteiger partial charge in [0.25, 0.3) is 0 Å². The van der Waals surface area contributed by atoms with Gasteiger partial charge in [-0.25, -0.2) is 0 Å². The van der Waals surface area contributed by atoms with Crippen molar-refractivity contribution >= 4 is 24.7 Å². The van der Waals surface area contributed by atoms with Gasteiger partial charge in [0.05, 0.1) is 0 Å². The van der Waals surface area contributed by atoms with Crippen LogP contribution in [0.25, 0.3) is 0 Å². The molecule has 0 unspecified atom stereocenters. The second-order valence-corrected chi connectivity index (χ2v) is 11.8. The van der Waals surface area contributed by atoms with Crippen molar-refractivity contribution in [3.63, 3.8) is 0 Å². The third-order valence-electron chi connectivity index (χ3n) is 4.57. The van der Waals surface area contributed by atoms with E-state index < -0.39 is 21.1 Å². The molecular formula is C19H34N2O2Sn. The van der Waals surface area contributed by atoms with Gasteiger partial charge in [-0.05, 0) is 0 Å². The third kappa shape index (κ3) is 6.77. The van der Waals surface area contributed by atoms with Crippen molar-refractivity contribution in [2.75, 3.05) is 14.2 Å². The van der Waals surface area contributed by atoms with Gasteiger partial charge in [-0.3, -0.25) is 0 Å². The molecule has 0 atom stereocenters. The Kier molecular flexibility index (Phi) is 10.7. The monoisotopic (exact) mass is 442 g/mol. The second kappa shape index (κ2) is 11.9. The van der Waals surface area contributed by atoms with Gasteiger partial charge in [-0.15, -0.1) is 0 Å². The molecule has 0 amide bonds. The maximum atomic E-state index is 5.52. The molecule has 0 spiro atoms. The quantitative estimate of drug-likeness (QED) is 0.422. The third-order valence-corrected chi connectivity index (χ3v) is 10.0. The fourth-order valence-electron chi connectivity index (χ4n) is 3.10. The van der Waals surface area contributed by atoms with E-state index in [1.165, 1.54) is 61.4 Å². The first kappa shape index (κ1) is 21.5. The molecule has 136 valence electrons. The molecule has 0 aromatic carbocycles. The van der Waals surface area contributed by atoms with Crippen LogP contribution in [0.2, 0.25) is 3.43 Å². The molecule has 0 saturated carbocycles. The second-order valence-electron chi connectivity index (χ2n) is 6.53. The van der Waals surface area contributed by atoms with Crippen LogP contribution < -0.4 is 13.1 Å². The average Bonchev–Trinajstić information content (AvgIpc) is 2.62. The van der Waals surface area contributed by atoms with Crippen molar-refractivity contribution < 1.29 is 9.47 Å². The van der Waals surface area contributed by atoms with Gasteiger partial charge in [0.1, 0.15) is 0 Å². The average molecular weight is 441 g/mol. The number of hydrogen-bond acceptors (Lipinski definition) is 4. The number of nitrogens with zero attached hydrogens (tertiary/aromatic N) is 2. The zero-order valence-electron chi connectivity index (χ0n) is 16.2. The van der Waals surface area contributed by atoms with E-state index in [9.17, 15) is 0 Å². The van der Waals surface area contributed by atoms with Crippen LogP contribution >= 0.6 is 0 Å². The number of unbranched alkanes of at least 4 members (excludes halogenated alkanes) is 3. The van der Waals surface area contributed by atoms with E-state index in [-0.39, 0.29) is 0 Å². The molecule has 1 heterocycles. The van der Waals surface area contributed by atoms with E-state index in [0.717, 1.165) is 5.88 Å². The molecule has 2 radical (unpaired) electrons. The molecule has 24 heavy (non-hydrogen) atoms. The van der Waals surface area contributed by atoms with Crippen LogP contribution in [0.4, 0.5) is 0 Å². The molecule has 4 nitrogen and oxygen atoms in total. The summed E-state index contributed by atoms with van der Waals surface area (Å²) in [5.74, 6) is 1.33. The van der Waals surface area contributed by atoms with Gasteiger partial charge in [-0.2, -0.15) is 0 Å². The first-order chi connectivity index (χ1) is 11.6. The van der Waals surface area contributed by atoms with Crippen LogP contribution in [0.3, 0.4) is 0 Å². The molecule has 0 N–H and O–H groups in total. The summed E-state index contributed by atoms with van der Waals surface area (Å²) < 4.78 is 12.6. The Morgan fingerprint density at radius 3 is 1.83 bits per heavy atom. The van der Waals surface area contributed by atoms with Gasteiger partial charge in [-0.1, -0.05) is 0 Å². The molecule has 5 heteroatoms. The van der Waals surface area contributed by atoms with Crippen molar-refractivity contribution in [2.24, 2.45) is 0 Å². The first-order valence-corrected chi connectivity index (χ1v) is 12.2. The number of rotatable bonds is 13. The summed E-state index contributed by atoms with van der Waals surface area (Å²) >= 11 is -0.889. The topological polar surface area (TPSA) is 44.2 Å². The minimum absolute atomic E-state index is 0.507. The number of methoxy groups -OCH3 is 2. The molecule has 1 aromatic rings. The Labute approximate surface area is 158 Å². The summed E-state index contributed by atoms with van der Waals surface area (Å²) in [4.78, 5) is 0. The minimum atomic E-state index is -0.889. The molecule has 0 bridgehead atoms. The first-order valence-electron chi connectivity index (χ1n) is 9.38. The zero-order chi connectivity index (χ0) is 17.8. The van der Waals surface area contributed by atoms with Crippen molar-refractivity contribution in [2.45, 2.75) is 82.0 Å². The van der Waals surface area contributed by atoms with Crippen molar-refractivity contribution in [3.05, 3.63) is 6.07 Å². The van der Waals surface area contributed by atoms with E-state index in [0.29, 0.717) is 9.31 Å². The van der Waals surface area contributed by atoms with Crippen LogP contribution in [-0.2, 0) is 0 Å². The van der Waals surface area contributed by atoms with Gasteiger partial charge in [0, 0.05) is 0 Å². The Bertz CT molecular complexity index is 447. The van der Waals surface area contributed by atoms with Crippen LogP contribution in [-0.4, -0.2) is 45.6 Å². The Hall–Kier alpha value is -0.521. The van der Waals surface area contributed by atoms with Gasteiger partial charge in [0.15, 0.2) is 0 Å². The predicted molar refractivity (Wildman–Crippen MR) is 102 cm³/mol. The summed E-state index contributed by atoms with van der Waals surface area (Å²) in [5, 5.41) is 8.31. The molecule has 0 aliphatic carbocycles. The van der Waals surface area contributed by atoms with Crippen LogP contribution in [0.5, 0.6) is 11.8 Å². The number of ether oxygens (including phenoxy) is 2. The van der Waals surface area contributed by atoms with E-state index in [1.807, 2.05) is 0 Å². The Morgan fingerprint density at radius 1 is 0.875 bits per heavy atom. The van der Waals surface area contributed by atoms with Crippen LogP contribution in [0.1, 0.15) is 78.6 Å². The fourth-order valence-corrected chi connectivity index (χ4v) is 8.61. The summed E-state index contributed by atoms with van der Waals surface area (Å²) in [7, 11) is 3.36. The van der Waals surface area contributed by atoms with Gasteiger partial charge >= 0.3 is 158 Å². The summed E-state index contributed by atoms with van der Waals surface area (Å²) in [6.45, 7) is 6.90. The van der Waals surface area contributed by atoms with Gasteiger partial charge in [0.2, 0.25) is 0 Å². The normalized spacial score (nSPS) is 11.5. The molecular weight excluding hydrogens is 407 g/mol. The SMILES string of the molecule is CCCC[C](CCCC)(CCCC)[Sn][c]1cc(OC)nnc1OC. The van der Waals surface area contributed by atoms with Crippen LogP contribution in [0, 0.1) is 0 Å². The summed E-state index contributed by atoms with van der Waals surface area (Å²) in [6.07, 6.45) is 11.8. The number of hydrogen-bond donors (Lipinski definition) is 0. The summed E-state index contributed by atoms with van der Waals surface area (Å²) in [5.41, 5.74) is 0. The molecule has 0 fully saturated rings. The zero-order valence-corrected chi connectivity index (χ0v) is 19.0. The van der Waals surface area contributed by atoms with Gasteiger partial charge < -0.3 is 0 Å². The molecule has 1 rings (SSSR count). The summed E-state index contributed by atoms with van der Waals surface area (Å²) in [6, 6.07) is 2.08. The van der Waals surface area contributed by atoms with Crippen molar-refractivity contribution in [1.29, 1.82) is 0 Å². The standard InChI is InChI=1S/C13H27.C6H7N2O2.Sn/c1-4-7-10-13(11-8-5-2)12-9-6-3;1-9-5-3-4-6(10-2)8-7-5;/h4-12H2,1-3H3;3H,1-2H3;. The van der Waals surface area contributed by atoms with E-state index in [1.54, 1.807) is 14.2 Å². The van der Waals surface area contributed by atoms with Crippen LogP contribution in [0.15, 0.2) is 6.07 Å².